The molecule has 28 heavy (non-hydrogen) atoms. The molecular formula is C19H20N2O6S. The van der Waals surface area contributed by atoms with Crippen LogP contribution in [0.1, 0.15) is 35.2 Å². The standard InChI is InChI=1S/C19H20N2O6S/c22-19(27-14-15-7-9-17(10-8-15)21(23)24)16-5-4-6-18(13-16)28(25,26)20-11-2-1-3-12-20/h4-10,13H,1-3,11-12,14H2. The van der Waals surface area contributed by atoms with Gasteiger partial charge in [0.15, 0.2) is 0 Å². The van der Waals surface area contributed by atoms with Gasteiger partial charge in [0, 0.05) is 25.2 Å². The molecule has 0 amide bonds. The van der Waals surface area contributed by atoms with Gasteiger partial charge >= 0.3 is 5.97 Å². The number of nitrogens with zero attached hydrogens (tertiary/aromatic N) is 2. The van der Waals surface area contributed by atoms with E-state index in [1.807, 2.05) is 0 Å². The first-order valence-corrected chi connectivity index (χ1v) is 10.3. The third-order valence-electron chi connectivity index (χ3n) is 4.54. The third-order valence-corrected chi connectivity index (χ3v) is 6.43. The minimum Gasteiger partial charge on any atom is -0.457 e. The average molecular weight is 404 g/mol. The summed E-state index contributed by atoms with van der Waals surface area (Å²) in [6.45, 7) is 0.897. The van der Waals surface area contributed by atoms with Gasteiger partial charge in [0.05, 0.1) is 15.4 Å². The molecule has 0 atom stereocenters. The SMILES string of the molecule is O=C(OCc1ccc([N+](=O)[O-])cc1)c1cccc(S(=O)(=O)N2CCCCC2)c1. The number of hydrogen-bond donors (Lipinski definition) is 0. The molecule has 0 spiro atoms. The lowest BCUT2D eigenvalue weighted by Crippen LogP contribution is -2.35. The smallest absolute Gasteiger partial charge is 0.338 e. The number of carbonyl (C=O) groups excluding carboxylic acids is 1. The quantitative estimate of drug-likeness (QED) is 0.416. The van der Waals surface area contributed by atoms with Crippen molar-refractivity contribution in [1.82, 2.24) is 4.31 Å². The van der Waals surface area contributed by atoms with Gasteiger partial charge in [-0.15, -0.1) is 0 Å². The molecule has 0 unspecified atom stereocenters. The maximum absolute atomic E-state index is 12.7. The Hall–Kier alpha value is -2.78. The van der Waals surface area contributed by atoms with Gasteiger partial charge < -0.3 is 4.74 Å². The zero-order chi connectivity index (χ0) is 20.1. The number of esters is 1. The van der Waals surface area contributed by atoms with Gasteiger partial charge in [-0.3, -0.25) is 10.1 Å². The summed E-state index contributed by atoms with van der Waals surface area (Å²) >= 11 is 0. The number of sulfonamides is 1. The van der Waals surface area contributed by atoms with E-state index in [1.54, 1.807) is 0 Å². The highest BCUT2D eigenvalue weighted by atomic mass is 32.2. The predicted molar refractivity (Wildman–Crippen MR) is 101 cm³/mol. The third kappa shape index (κ3) is 4.55. The van der Waals surface area contributed by atoms with Crippen molar-refractivity contribution in [2.75, 3.05) is 13.1 Å². The Morgan fingerprint density at radius 2 is 1.75 bits per heavy atom. The number of nitro groups is 1. The number of benzene rings is 2. The summed E-state index contributed by atoms with van der Waals surface area (Å²) in [6.07, 6.45) is 2.67. The minimum absolute atomic E-state index is 0.0503. The topological polar surface area (TPSA) is 107 Å². The highest BCUT2D eigenvalue weighted by Gasteiger charge is 2.26. The highest BCUT2D eigenvalue weighted by molar-refractivity contribution is 7.89. The fourth-order valence-electron chi connectivity index (χ4n) is 2.98. The highest BCUT2D eigenvalue weighted by Crippen LogP contribution is 2.22. The summed E-state index contributed by atoms with van der Waals surface area (Å²) in [7, 11) is -3.64. The van der Waals surface area contributed by atoms with Crippen molar-refractivity contribution in [1.29, 1.82) is 0 Å². The molecule has 0 radical (unpaired) electrons. The van der Waals surface area contributed by atoms with Crippen molar-refractivity contribution in [3.63, 3.8) is 0 Å². The van der Waals surface area contributed by atoms with Gasteiger partial charge in [-0.1, -0.05) is 12.5 Å². The van der Waals surface area contributed by atoms with Crippen molar-refractivity contribution < 1.29 is 22.9 Å². The number of ether oxygens (including phenoxy) is 1. The van der Waals surface area contributed by atoms with Crippen molar-refractivity contribution in [3.05, 3.63) is 69.8 Å². The summed E-state index contributed by atoms with van der Waals surface area (Å²) in [4.78, 5) is 22.5. The Bertz CT molecular complexity index is 966. The number of rotatable bonds is 6. The van der Waals surface area contributed by atoms with Crippen LogP contribution in [0, 0.1) is 10.1 Å². The van der Waals surface area contributed by atoms with Crippen LogP contribution in [0.25, 0.3) is 0 Å². The van der Waals surface area contributed by atoms with Crippen LogP contribution in [-0.2, 0) is 21.4 Å². The lowest BCUT2D eigenvalue weighted by atomic mass is 10.2. The molecule has 8 nitrogen and oxygen atoms in total. The van der Waals surface area contributed by atoms with E-state index in [1.165, 1.54) is 52.8 Å². The second kappa shape index (κ2) is 8.49. The van der Waals surface area contributed by atoms with Gasteiger partial charge in [0.1, 0.15) is 6.61 Å². The first kappa shape index (κ1) is 20.0. The van der Waals surface area contributed by atoms with E-state index in [2.05, 4.69) is 0 Å². The van der Waals surface area contributed by atoms with Gasteiger partial charge in [0.25, 0.3) is 5.69 Å². The molecule has 1 fully saturated rings. The number of carbonyl (C=O) groups is 1. The Kier molecular flexibility index (Phi) is 6.05. The number of hydrogen-bond acceptors (Lipinski definition) is 6. The van der Waals surface area contributed by atoms with Crippen LogP contribution in [0.4, 0.5) is 5.69 Å². The lowest BCUT2D eigenvalue weighted by Gasteiger charge is -2.25. The first-order chi connectivity index (χ1) is 13.4. The van der Waals surface area contributed by atoms with Gasteiger partial charge in [-0.2, -0.15) is 4.31 Å². The van der Waals surface area contributed by atoms with Crippen LogP contribution >= 0.6 is 0 Å². The van der Waals surface area contributed by atoms with Crippen LogP contribution < -0.4 is 0 Å². The van der Waals surface area contributed by atoms with Crippen LogP contribution in [0.5, 0.6) is 0 Å². The molecule has 0 N–H and O–H groups in total. The molecule has 148 valence electrons. The van der Waals surface area contributed by atoms with Gasteiger partial charge in [-0.05, 0) is 48.7 Å². The van der Waals surface area contributed by atoms with E-state index in [0.29, 0.717) is 18.7 Å². The first-order valence-electron chi connectivity index (χ1n) is 8.88. The van der Waals surface area contributed by atoms with E-state index in [4.69, 9.17) is 4.74 Å². The zero-order valence-corrected chi connectivity index (χ0v) is 15.9. The van der Waals surface area contributed by atoms with E-state index >= 15 is 0 Å². The van der Waals surface area contributed by atoms with Crippen LogP contribution in [0.3, 0.4) is 0 Å². The summed E-state index contributed by atoms with van der Waals surface area (Å²) in [6, 6.07) is 11.5. The second-order valence-electron chi connectivity index (χ2n) is 6.49. The fraction of sp³-hybridized carbons (Fsp3) is 0.316. The Balaban J connectivity index is 1.69. The molecule has 0 bridgehead atoms. The maximum Gasteiger partial charge on any atom is 0.338 e. The molecule has 1 saturated heterocycles. The monoisotopic (exact) mass is 404 g/mol. The largest absolute Gasteiger partial charge is 0.457 e. The van der Waals surface area contributed by atoms with E-state index in [9.17, 15) is 23.3 Å². The molecule has 9 heteroatoms. The molecule has 1 aliphatic heterocycles. The summed E-state index contributed by atoms with van der Waals surface area (Å²) < 4.78 is 32.1. The van der Waals surface area contributed by atoms with E-state index in [-0.39, 0.29) is 22.8 Å². The number of nitro benzene ring substituents is 1. The zero-order valence-electron chi connectivity index (χ0n) is 15.1. The van der Waals surface area contributed by atoms with E-state index < -0.39 is 20.9 Å². The lowest BCUT2D eigenvalue weighted by molar-refractivity contribution is -0.384. The van der Waals surface area contributed by atoms with Crippen molar-refractivity contribution in [2.45, 2.75) is 30.8 Å². The normalized spacial score (nSPS) is 15.1. The van der Waals surface area contributed by atoms with E-state index in [0.717, 1.165) is 19.3 Å². The van der Waals surface area contributed by atoms with Crippen LogP contribution in [-0.4, -0.2) is 36.7 Å². The Labute approximate surface area is 162 Å². The molecule has 1 aliphatic rings. The molecule has 2 aromatic carbocycles. The van der Waals surface area contributed by atoms with Crippen molar-refractivity contribution in [3.8, 4) is 0 Å². The Morgan fingerprint density at radius 3 is 2.39 bits per heavy atom. The van der Waals surface area contributed by atoms with Crippen LogP contribution in [0.2, 0.25) is 0 Å². The van der Waals surface area contributed by atoms with Crippen molar-refractivity contribution >= 4 is 21.7 Å². The average Bonchev–Trinajstić information content (AvgIpc) is 2.73. The molecule has 0 aliphatic carbocycles. The number of non-ortho nitro benzene ring substituents is 1. The fourth-order valence-corrected chi connectivity index (χ4v) is 4.55. The molecular weight excluding hydrogens is 384 g/mol. The summed E-state index contributed by atoms with van der Waals surface area (Å²) in [5.41, 5.74) is 0.682. The molecule has 0 saturated carbocycles. The molecule has 0 aromatic heterocycles. The predicted octanol–water partition coefficient (Wildman–Crippen LogP) is 3.13. The molecule has 2 aromatic rings. The Morgan fingerprint density at radius 1 is 1.07 bits per heavy atom. The van der Waals surface area contributed by atoms with Gasteiger partial charge in [-0.25, -0.2) is 13.2 Å². The summed E-state index contributed by atoms with van der Waals surface area (Å²) in [5, 5.41) is 10.7. The number of piperidine rings is 1. The van der Waals surface area contributed by atoms with Crippen molar-refractivity contribution in [2.24, 2.45) is 0 Å². The second-order valence-corrected chi connectivity index (χ2v) is 8.43. The summed E-state index contributed by atoms with van der Waals surface area (Å²) in [5.74, 6) is -0.658. The van der Waals surface area contributed by atoms with Crippen LogP contribution in [0.15, 0.2) is 53.4 Å². The van der Waals surface area contributed by atoms with Gasteiger partial charge in [0.2, 0.25) is 10.0 Å². The molecule has 1 heterocycles. The molecule has 3 rings (SSSR count). The maximum atomic E-state index is 12.7. The minimum atomic E-state index is -3.64.